The van der Waals surface area contributed by atoms with E-state index in [0.717, 1.165) is 16.5 Å². The van der Waals surface area contributed by atoms with Crippen molar-refractivity contribution < 1.29 is 14.0 Å². The Morgan fingerprint density at radius 2 is 1.80 bits per heavy atom. The quantitative estimate of drug-likeness (QED) is 0.223. The zero-order valence-electron chi connectivity index (χ0n) is 18.6. The minimum atomic E-state index is -0.583. The monoisotopic (exact) mass is 503 g/mol. The van der Waals surface area contributed by atoms with Gasteiger partial charge in [0, 0.05) is 33.2 Å². The fourth-order valence-corrected chi connectivity index (χ4v) is 4.56. The molecule has 0 atom stereocenters. The molecule has 0 radical (unpaired) electrons. The number of nitrogens with one attached hydrogen (secondary N) is 1. The van der Waals surface area contributed by atoms with Crippen LogP contribution in [-0.2, 0) is 16.1 Å². The van der Waals surface area contributed by atoms with Crippen LogP contribution >= 0.6 is 23.8 Å². The summed E-state index contributed by atoms with van der Waals surface area (Å²) >= 11 is 11.5. The Balaban J connectivity index is 1.58. The first-order valence-electron chi connectivity index (χ1n) is 10.8. The number of aromatic nitrogens is 1. The number of fused-ring (bicyclic) bond motifs is 1. The van der Waals surface area contributed by atoms with Crippen molar-refractivity contribution >= 4 is 63.4 Å². The number of aryl methyl sites for hydroxylation is 1. The third-order valence-electron chi connectivity index (χ3n) is 5.93. The van der Waals surface area contributed by atoms with Gasteiger partial charge < -0.3 is 4.57 Å². The second-order valence-corrected chi connectivity index (χ2v) is 9.01. The molecule has 1 aromatic heterocycles. The zero-order valence-corrected chi connectivity index (χ0v) is 20.2. The number of para-hydroxylation sites is 1. The maximum absolute atomic E-state index is 14.3. The van der Waals surface area contributed by atoms with Crippen LogP contribution < -0.4 is 10.2 Å². The Hall–Kier alpha value is -3.81. The Morgan fingerprint density at radius 1 is 1.06 bits per heavy atom. The van der Waals surface area contributed by atoms with Crippen molar-refractivity contribution in [2.24, 2.45) is 0 Å². The van der Waals surface area contributed by atoms with E-state index in [1.54, 1.807) is 42.5 Å². The van der Waals surface area contributed by atoms with Crippen LogP contribution in [0.5, 0.6) is 0 Å². The van der Waals surface area contributed by atoms with Crippen LogP contribution in [0.2, 0.25) is 5.02 Å². The minimum absolute atomic E-state index is 0.0148. The number of carbonyl (C=O) groups is 2. The number of anilines is 1. The van der Waals surface area contributed by atoms with Crippen molar-refractivity contribution in [3.8, 4) is 0 Å². The number of hydrogen-bond donors (Lipinski definition) is 1. The molecule has 174 valence electrons. The molecule has 1 N–H and O–H groups in total. The van der Waals surface area contributed by atoms with Gasteiger partial charge in [0.25, 0.3) is 11.8 Å². The molecule has 0 saturated carbocycles. The average molecular weight is 504 g/mol. The van der Waals surface area contributed by atoms with Gasteiger partial charge >= 0.3 is 0 Å². The van der Waals surface area contributed by atoms with Crippen LogP contribution in [0.3, 0.4) is 0 Å². The molecular weight excluding hydrogens is 485 g/mol. The standard InChI is InChI=1S/C27H19ClFN3O2S/c1-16-10-11-19(13-22(16)28)32-26(34)21(25(33)30-27(32)35)12-18-15-31(24-9-5-3-7-20(18)24)14-17-6-2-4-8-23(17)29/h2-13,15H,14H2,1H3,(H,30,33,35)/b21-12+. The smallest absolute Gasteiger partial charge is 0.270 e. The highest BCUT2D eigenvalue weighted by Crippen LogP contribution is 2.29. The molecule has 0 spiro atoms. The average Bonchev–Trinajstić information content (AvgIpc) is 3.17. The molecule has 1 saturated heterocycles. The lowest BCUT2D eigenvalue weighted by molar-refractivity contribution is -0.122. The molecule has 0 unspecified atom stereocenters. The fourth-order valence-electron chi connectivity index (χ4n) is 4.10. The number of rotatable bonds is 4. The number of benzene rings is 3. The minimum Gasteiger partial charge on any atom is -0.342 e. The van der Waals surface area contributed by atoms with E-state index in [1.807, 2.05) is 42.0 Å². The van der Waals surface area contributed by atoms with E-state index in [2.05, 4.69) is 5.32 Å². The van der Waals surface area contributed by atoms with Crippen LogP contribution in [0, 0.1) is 12.7 Å². The summed E-state index contributed by atoms with van der Waals surface area (Å²) in [6.45, 7) is 2.15. The highest BCUT2D eigenvalue weighted by atomic mass is 35.5. The number of amides is 2. The van der Waals surface area contributed by atoms with Gasteiger partial charge in [0.05, 0.1) is 12.2 Å². The molecule has 8 heteroatoms. The summed E-state index contributed by atoms with van der Waals surface area (Å²) in [5.74, 6) is -1.43. The number of thiocarbonyl (C=S) groups is 1. The van der Waals surface area contributed by atoms with Crippen LogP contribution in [0.4, 0.5) is 10.1 Å². The van der Waals surface area contributed by atoms with Gasteiger partial charge in [-0.3, -0.25) is 19.8 Å². The maximum atomic E-state index is 14.3. The van der Waals surface area contributed by atoms with Crippen molar-refractivity contribution in [2.75, 3.05) is 4.90 Å². The SMILES string of the molecule is Cc1ccc(N2C(=O)/C(=C/c3cn(Cc4ccccc4F)c4ccccc34)C(=O)NC2=S)cc1Cl. The van der Waals surface area contributed by atoms with Gasteiger partial charge in [-0.1, -0.05) is 54.1 Å². The van der Waals surface area contributed by atoms with E-state index in [9.17, 15) is 14.0 Å². The lowest BCUT2D eigenvalue weighted by Crippen LogP contribution is -2.54. The molecule has 35 heavy (non-hydrogen) atoms. The van der Waals surface area contributed by atoms with Crippen molar-refractivity contribution in [3.63, 3.8) is 0 Å². The first-order valence-corrected chi connectivity index (χ1v) is 11.6. The topological polar surface area (TPSA) is 54.3 Å². The predicted molar refractivity (Wildman–Crippen MR) is 140 cm³/mol. The molecule has 1 fully saturated rings. The van der Waals surface area contributed by atoms with Crippen molar-refractivity contribution in [2.45, 2.75) is 13.5 Å². The summed E-state index contributed by atoms with van der Waals surface area (Å²) in [7, 11) is 0. The van der Waals surface area contributed by atoms with Crippen molar-refractivity contribution in [3.05, 3.63) is 106 Å². The van der Waals surface area contributed by atoms with Gasteiger partial charge in [0.2, 0.25) is 0 Å². The molecule has 0 bridgehead atoms. The van der Waals surface area contributed by atoms with Gasteiger partial charge in [-0.15, -0.1) is 0 Å². The van der Waals surface area contributed by atoms with E-state index >= 15 is 0 Å². The van der Waals surface area contributed by atoms with Gasteiger partial charge in [-0.25, -0.2) is 4.39 Å². The van der Waals surface area contributed by atoms with E-state index in [4.69, 9.17) is 23.8 Å². The first-order chi connectivity index (χ1) is 16.8. The Bertz CT molecular complexity index is 1560. The van der Waals surface area contributed by atoms with Crippen LogP contribution in [0.25, 0.3) is 17.0 Å². The zero-order chi connectivity index (χ0) is 24.7. The first kappa shape index (κ1) is 23.0. The fraction of sp³-hybridized carbons (Fsp3) is 0.0741. The third-order valence-corrected chi connectivity index (χ3v) is 6.62. The molecule has 1 aliphatic rings. The van der Waals surface area contributed by atoms with E-state index < -0.39 is 11.8 Å². The van der Waals surface area contributed by atoms with E-state index in [1.165, 1.54) is 11.0 Å². The molecule has 0 aliphatic carbocycles. The summed E-state index contributed by atoms with van der Waals surface area (Å²) in [4.78, 5) is 27.5. The Labute approximate surface area is 211 Å². The predicted octanol–water partition coefficient (Wildman–Crippen LogP) is 5.62. The number of halogens is 2. The molecule has 5 nitrogen and oxygen atoms in total. The van der Waals surface area contributed by atoms with Crippen LogP contribution in [0.1, 0.15) is 16.7 Å². The lowest BCUT2D eigenvalue weighted by Gasteiger charge is -2.29. The number of nitrogens with zero attached hydrogens (tertiary/aromatic N) is 2. The largest absolute Gasteiger partial charge is 0.342 e. The molecule has 3 aromatic carbocycles. The van der Waals surface area contributed by atoms with Gasteiger partial charge in [0.1, 0.15) is 11.4 Å². The highest BCUT2D eigenvalue weighted by molar-refractivity contribution is 7.80. The Morgan fingerprint density at radius 3 is 2.57 bits per heavy atom. The van der Waals surface area contributed by atoms with Gasteiger partial charge in [-0.05, 0) is 55.0 Å². The third kappa shape index (κ3) is 4.24. The lowest BCUT2D eigenvalue weighted by atomic mass is 10.1. The normalized spacial score (nSPS) is 15.2. The molecular formula is C27H19ClFN3O2S. The van der Waals surface area contributed by atoms with Crippen molar-refractivity contribution in [1.82, 2.24) is 9.88 Å². The molecule has 2 amide bonds. The number of carbonyl (C=O) groups excluding carboxylic acids is 2. The van der Waals surface area contributed by atoms with Crippen molar-refractivity contribution in [1.29, 1.82) is 0 Å². The summed E-state index contributed by atoms with van der Waals surface area (Å²) in [5, 5.41) is 3.89. The van der Waals surface area contributed by atoms with Crippen LogP contribution in [-0.4, -0.2) is 21.5 Å². The van der Waals surface area contributed by atoms with Gasteiger partial charge in [0.15, 0.2) is 5.11 Å². The summed E-state index contributed by atoms with van der Waals surface area (Å²) in [5.41, 5.74) is 3.29. The highest BCUT2D eigenvalue weighted by Gasteiger charge is 2.35. The molecule has 5 rings (SSSR count). The second-order valence-electron chi connectivity index (χ2n) is 8.21. The summed E-state index contributed by atoms with van der Waals surface area (Å²) < 4.78 is 16.2. The van der Waals surface area contributed by atoms with E-state index in [0.29, 0.717) is 28.4 Å². The van der Waals surface area contributed by atoms with E-state index in [-0.39, 0.29) is 16.5 Å². The maximum Gasteiger partial charge on any atom is 0.270 e. The summed E-state index contributed by atoms with van der Waals surface area (Å²) in [6.07, 6.45) is 3.35. The molecule has 1 aliphatic heterocycles. The molecule has 4 aromatic rings. The van der Waals surface area contributed by atoms with Crippen LogP contribution in [0.15, 0.2) is 78.5 Å². The molecule has 2 heterocycles. The summed E-state index contributed by atoms with van der Waals surface area (Å²) in [6, 6.07) is 19.3. The Kier molecular flexibility index (Phi) is 5.96. The number of hydrogen-bond acceptors (Lipinski definition) is 3. The van der Waals surface area contributed by atoms with Gasteiger partial charge in [-0.2, -0.15) is 0 Å². The second kappa shape index (κ2) is 9.09.